The summed E-state index contributed by atoms with van der Waals surface area (Å²) in [5.41, 5.74) is 15.9. The molecule has 0 radical (unpaired) electrons. The highest BCUT2D eigenvalue weighted by molar-refractivity contribution is 6.19. The monoisotopic (exact) mass is 726 g/mol. The topological polar surface area (TPSA) is 23.0 Å². The zero-order valence-electron chi connectivity index (χ0n) is 30.9. The van der Waals surface area contributed by atoms with Crippen molar-refractivity contribution in [1.29, 1.82) is 0 Å². The molecule has 0 aliphatic heterocycles. The van der Waals surface area contributed by atoms with Crippen molar-refractivity contribution < 1.29 is 4.42 Å². The molecule has 3 nitrogen and oxygen atoms in total. The second-order valence-electron chi connectivity index (χ2n) is 14.9. The largest absolute Gasteiger partial charge is 0.455 e. The Morgan fingerprint density at radius 1 is 0.281 bits per heavy atom. The van der Waals surface area contributed by atoms with Crippen LogP contribution in [0.1, 0.15) is 0 Å². The lowest BCUT2D eigenvalue weighted by Gasteiger charge is -2.12. The zero-order chi connectivity index (χ0) is 37.5. The first-order chi connectivity index (χ1) is 28.3. The lowest BCUT2D eigenvalue weighted by molar-refractivity contribution is 0.670. The number of rotatable bonds is 5. The maximum absolute atomic E-state index is 6.41. The van der Waals surface area contributed by atoms with Gasteiger partial charge in [0.15, 0.2) is 0 Å². The summed E-state index contributed by atoms with van der Waals surface area (Å²) in [7, 11) is 0. The number of hydrogen-bond donors (Lipinski definition) is 0. The first-order valence-corrected chi connectivity index (χ1v) is 19.5. The number of para-hydroxylation sites is 4. The van der Waals surface area contributed by atoms with Crippen molar-refractivity contribution in [2.24, 2.45) is 0 Å². The Labute approximate surface area is 328 Å². The SMILES string of the molecule is c1ccc(-c2cccc(-c3ccc(-n4c5ccccc5c5cc6c7ccccc7n(-c7ccc(-c8cccc9c8oc8ccccc89)cc7)c6cc54)cc3)c2)cc1. The Balaban J connectivity index is 1.01. The number of hydrogen-bond acceptors (Lipinski definition) is 1. The van der Waals surface area contributed by atoms with Gasteiger partial charge in [0.2, 0.25) is 0 Å². The van der Waals surface area contributed by atoms with Crippen LogP contribution in [0.5, 0.6) is 0 Å². The van der Waals surface area contributed by atoms with E-state index in [0.29, 0.717) is 0 Å². The Morgan fingerprint density at radius 3 is 1.42 bits per heavy atom. The second-order valence-corrected chi connectivity index (χ2v) is 14.9. The lowest BCUT2D eigenvalue weighted by atomic mass is 9.99. The molecule has 0 saturated carbocycles. The van der Waals surface area contributed by atoms with Crippen molar-refractivity contribution in [2.45, 2.75) is 0 Å². The molecular formula is C54H34N2O. The third-order valence-corrected chi connectivity index (χ3v) is 11.7. The van der Waals surface area contributed by atoms with Crippen LogP contribution in [-0.2, 0) is 0 Å². The van der Waals surface area contributed by atoms with Gasteiger partial charge in [-0.25, -0.2) is 0 Å². The molecule has 0 unspecified atom stereocenters. The van der Waals surface area contributed by atoms with Crippen LogP contribution in [-0.4, -0.2) is 9.13 Å². The Kier molecular flexibility index (Phi) is 6.93. The van der Waals surface area contributed by atoms with E-state index in [9.17, 15) is 0 Å². The van der Waals surface area contributed by atoms with E-state index in [0.717, 1.165) is 44.4 Å². The van der Waals surface area contributed by atoms with E-state index >= 15 is 0 Å². The van der Waals surface area contributed by atoms with Crippen LogP contribution in [0, 0.1) is 0 Å². The zero-order valence-corrected chi connectivity index (χ0v) is 30.9. The summed E-state index contributed by atoms with van der Waals surface area (Å²) < 4.78 is 11.3. The fraction of sp³-hybridized carbons (Fsp3) is 0. The maximum Gasteiger partial charge on any atom is 0.143 e. The van der Waals surface area contributed by atoms with E-state index in [4.69, 9.17) is 4.42 Å². The van der Waals surface area contributed by atoms with Gasteiger partial charge in [0.1, 0.15) is 11.2 Å². The van der Waals surface area contributed by atoms with Gasteiger partial charge in [-0.1, -0.05) is 146 Å². The minimum atomic E-state index is 0.912. The number of aromatic nitrogens is 2. The van der Waals surface area contributed by atoms with E-state index in [2.05, 4.69) is 203 Å². The van der Waals surface area contributed by atoms with Gasteiger partial charge in [-0.15, -0.1) is 0 Å². The molecule has 12 aromatic rings. The average molecular weight is 727 g/mol. The second kappa shape index (κ2) is 12.5. The lowest BCUT2D eigenvalue weighted by Crippen LogP contribution is -1.96. The number of furan rings is 1. The number of fused-ring (bicyclic) bond motifs is 9. The van der Waals surface area contributed by atoms with E-state index in [1.807, 2.05) is 12.1 Å². The fourth-order valence-electron chi connectivity index (χ4n) is 9.06. The standard InChI is InChI=1S/C54H34N2O/c1-2-12-35(13-3-1)38-14-10-15-39(32-38)36-24-28-40(29-25-36)55-49-21-7-4-16-43(49)47-33-48-44-17-5-8-22-50(44)56(52(48)34-51(47)55)41-30-26-37(27-31-41)42-19-11-20-46-45-18-6-9-23-53(45)57-54(42)46/h1-34H. The molecule has 0 bridgehead atoms. The first kappa shape index (κ1) is 31.7. The third kappa shape index (κ3) is 4.92. The molecule has 3 heterocycles. The molecule has 12 rings (SSSR count). The molecule has 0 N–H and O–H groups in total. The van der Waals surface area contributed by atoms with Crippen LogP contribution in [0.15, 0.2) is 211 Å². The van der Waals surface area contributed by atoms with Crippen LogP contribution in [0.25, 0.3) is 110 Å². The van der Waals surface area contributed by atoms with Crippen LogP contribution in [0.4, 0.5) is 0 Å². The molecule has 9 aromatic carbocycles. The third-order valence-electron chi connectivity index (χ3n) is 11.7. The summed E-state index contributed by atoms with van der Waals surface area (Å²) >= 11 is 0. The van der Waals surface area contributed by atoms with Gasteiger partial charge in [0.05, 0.1) is 22.1 Å². The summed E-state index contributed by atoms with van der Waals surface area (Å²) in [6, 6.07) is 74.4. The summed E-state index contributed by atoms with van der Waals surface area (Å²) in [5, 5.41) is 7.26. The minimum absolute atomic E-state index is 0.912. The predicted molar refractivity (Wildman–Crippen MR) is 239 cm³/mol. The summed E-state index contributed by atoms with van der Waals surface area (Å²) in [5.74, 6) is 0. The van der Waals surface area contributed by atoms with Gasteiger partial charge >= 0.3 is 0 Å². The van der Waals surface area contributed by atoms with Crippen molar-refractivity contribution >= 4 is 65.6 Å². The molecular weight excluding hydrogens is 693 g/mol. The Bertz CT molecular complexity index is 3490. The number of benzene rings is 9. The van der Waals surface area contributed by atoms with Gasteiger partial charge in [0, 0.05) is 49.3 Å². The minimum Gasteiger partial charge on any atom is -0.455 e. The van der Waals surface area contributed by atoms with Crippen molar-refractivity contribution in [3.05, 3.63) is 206 Å². The maximum atomic E-state index is 6.41. The van der Waals surface area contributed by atoms with Crippen molar-refractivity contribution in [3.63, 3.8) is 0 Å². The summed E-state index contributed by atoms with van der Waals surface area (Å²) in [6.45, 7) is 0. The van der Waals surface area contributed by atoms with E-state index in [1.54, 1.807) is 0 Å². The van der Waals surface area contributed by atoms with Crippen molar-refractivity contribution in [1.82, 2.24) is 9.13 Å². The van der Waals surface area contributed by atoms with Crippen LogP contribution in [0.2, 0.25) is 0 Å². The molecule has 0 aliphatic carbocycles. The highest BCUT2D eigenvalue weighted by atomic mass is 16.3. The molecule has 3 heteroatoms. The van der Waals surface area contributed by atoms with Crippen LogP contribution < -0.4 is 0 Å². The summed E-state index contributed by atoms with van der Waals surface area (Å²) in [4.78, 5) is 0. The van der Waals surface area contributed by atoms with E-state index in [1.165, 1.54) is 65.9 Å². The van der Waals surface area contributed by atoms with Gasteiger partial charge in [0.25, 0.3) is 0 Å². The fourth-order valence-corrected chi connectivity index (χ4v) is 9.06. The molecule has 57 heavy (non-hydrogen) atoms. The molecule has 266 valence electrons. The predicted octanol–water partition coefficient (Wildman–Crippen LogP) is 14.8. The number of nitrogens with zero attached hydrogens (tertiary/aromatic N) is 2. The molecule has 0 spiro atoms. The highest BCUT2D eigenvalue weighted by Crippen LogP contribution is 2.41. The van der Waals surface area contributed by atoms with Gasteiger partial charge < -0.3 is 13.6 Å². The summed E-state index contributed by atoms with van der Waals surface area (Å²) in [6.07, 6.45) is 0. The molecule has 0 amide bonds. The first-order valence-electron chi connectivity index (χ1n) is 19.5. The normalized spacial score (nSPS) is 11.9. The molecule has 3 aromatic heterocycles. The van der Waals surface area contributed by atoms with Crippen molar-refractivity contribution in [2.75, 3.05) is 0 Å². The molecule has 0 fully saturated rings. The molecule has 0 aliphatic rings. The highest BCUT2D eigenvalue weighted by Gasteiger charge is 2.19. The van der Waals surface area contributed by atoms with Gasteiger partial charge in [-0.2, -0.15) is 0 Å². The van der Waals surface area contributed by atoms with Crippen LogP contribution in [0.3, 0.4) is 0 Å². The van der Waals surface area contributed by atoms with Crippen molar-refractivity contribution in [3.8, 4) is 44.8 Å². The van der Waals surface area contributed by atoms with Gasteiger partial charge in [-0.3, -0.25) is 0 Å². The molecule has 0 atom stereocenters. The quantitative estimate of drug-likeness (QED) is 0.173. The molecule has 0 saturated heterocycles. The van der Waals surface area contributed by atoms with E-state index in [-0.39, 0.29) is 0 Å². The Hall–Kier alpha value is -7.62. The Morgan fingerprint density at radius 2 is 0.772 bits per heavy atom. The smallest absolute Gasteiger partial charge is 0.143 e. The average Bonchev–Trinajstić information content (AvgIpc) is 3.93. The van der Waals surface area contributed by atoms with E-state index < -0.39 is 0 Å². The van der Waals surface area contributed by atoms with Gasteiger partial charge in [-0.05, 0) is 88.5 Å². The van der Waals surface area contributed by atoms with Crippen LogP contribution >= 0.6 is 0 Å².